The lowest BCUT2D eigenvalue weighted by Crippen LogP contribution is -2.00. The Bertz CT molecular complexity index is 344. The number of rotatable bonds is 5. The van der Waals surface area contributed by atoms with Crippen molar-refractivity contribution in [1.82, 2.24) is 4.98 Å². The van der Waals surface area contributed by atoms with Crippen LogP contribution in [0.5, 0.6) is 0 Å². The topological polar surface area (TPSA) is 50.2 Å². The first kappa shape index (κ1) is 12.2. The highest BCUT2D eigenvalue weighted by molar-refractivity contribution is 7.11. The summed E-state index contributed by atoms with van der Waals surface area (Å²) in [5.41, 5.74) is 0.957. The van der Waals surface area contributed by atoms with Gasteiger partial charge in [-0.05, 0) is 12.3 Å². The maximum atomic E-state index is 10.6. The fraction of sp³-hybridized carbons (Fsp3) is 0.636. The summed E-state index contributed by atoms with van der Waals surface area (Å²) in [7, 11) is 0. The van der Waals surface area contributed by atoms with Gasteiger partial charge in [-0.1, -0.05) is 20.8 Å². The third-order valence-electron chi connectivity index (χ3n) is 2.05. The Kier molecular flexibility index (Phi) is 4.27. The van der Waals surface area contributed by atoms with Gasteiger partial charge in [-0.2, -0.15) is 0 Å². The van der Waals surface area contributed by atoms with Crippen molar-refractivity contribution >= 4 is 17.3 Å². The van der Waals surface area contributed by atoms with Crippen molar-refractivity contribution in [2.75, 3.05) is 0 Å². The zero-order valence-electron chi connectivity index (χ0n) is 9.41. The van der Waals surface area contributed by atoms with Gasteiger partial charge in [-0.25, -0.2) is 4.98 Å². The SMILES string of the molecule is CCc1nc(CC(C)C)sc1CC(=O)O. The molecule has 0 aromatic carbocycles. The van der Waals surface area contributed by atoms with Gasteiger partial charge in [0.1, 0.15) is 0 Å². The van der Waals surface area contributed by atoms with E-state index in [4.69, 9.17) is 5.11 Å². The molecule has 84 valence electrons. The quantitative estimate of drug-likeness (QED) is 0.841. The van der Waals surface area contributed by atoms with Crippen LogP contribution in [0.2, 0.25) is 0 Å². The van der Waals surface area contributed by atoms with E-state index in [9.17, 15) is 4.79 Å². The maximum absolute atomic E-state index is 10.6. The second kappa shape index (κ2) is 5.26. The summed E-state index contributed by atoms with van der Waals surface area (Å²) >= 11 is 1.55. The fourth-order valence-electron chi connectivity index (χ4n) is 1.43. The van der Waals surface area contributed by atoms with E-state index in [1.54, 1.807) is 11.3 Å². The summed E-state index contributed by atoms with van der Waals surface area (Å²) in [6, 6.07) is 0. The van der Waals surface area contributed by atoms with Gasteiger partial charge in [0.25, 0.3) is 0 Å². The summed E-state index contributed by atoms with van der Waals surface area (Å²) < 4.78 is 0. The monoisotopic (exact) mass is 227 g/mol. The van der Waals surface area contributed by atoms with Crippen molar-refractivity contribution in [3.8, 4) is 0 Å². The molecule has 0 bridgehead atoms. The van der Waals surface area contributed by atoms with Crippen LogP contribution < -0.4 is 0 Å². The van der Waals surface area contributed by atoms with E-state index in [-0.39, 0.29) is 6.42 Å². The average molecular weight is 227 g/mol. The normalized spacial score (nSPS) is 10.9. The fourth-order valence-corrected chi connectivity index (χ4v) is 2.79. The van der Waals surface area contributed by atoms with Gasteiger partial charge in [-0.15, -0.1) is 11.3 Å². The molecule has 0 aliphatic heterocycles. The van der Waals surface area contributed by atoms with Crippen molar-refractivity contribution in [2.24, 2.45) is 5.92 Å². The lowest BCUT2D eigenvalue weighted by molar-refractivity contribution is -0.136. The molecule has 0 atom stereocenters. The number of thiazole rings is 1. The molecular weight excluding hydrogens is 210 g/mol. The van der Waals surface area contributed by atoms with Crippen molar-refractivity contribution in [3.63, 3.8) is 0 Å². The van der Waals surface area contributed by atoms with Gasteiger partial charge in [0.2, 0.25) is 0 Å². The minimum atomic E-state index is -0.774. The van der Waals surface area contributed by atoms with E-state index in [0.717, 1.165) is 28.4 Å². The van der Waals surface area contributed by atoms with E-state index >= 15 is 0 Å². The second-order valence-corrected chi connectivity index (χ2v) is 5.17. The smallest absolute Gasteiger partial charge is 0.308 e. The Balaban J connectivity index is 2.84. The van der Waals surface area contributed by atoms with E-state index < -0.39 is 5.97 Å². The van der Waals surface area contributed by atoms with Crippen LogP contribution in [0.1, 0.15) is 36.3 Å². The van der Waals surface area contributed by atoms with Crippen molar-refractivity contribution in [2.45, 2.75) is 40.0 Å². The molecule has 15 heavy (non-hydrogen) atoms. The first-order chi connectivity index (χ1) is 7.02. The molecule has 0 aliphatic carbocycles. The van der Waals surface area contributed by atoms with Gasteiger partial charge in [-0.3, -0.25) is 4.79 Å². The number of aryl methyl sites for hydroxylation is 1. The van der Waals surface area contributed by atoms with Gasteiger partial charge in [0.15, 0.2) is 0 Å². The minimum Gasteiger partial charge on any atom is -0.481 e. The van der Waals surface area contributed by atoms with Gasteiger partial charge < -0.3 is 5.11 Å². The number of carboxylic acids is 1. The average Bonchev–Trinajstić information content (AvgIpc) is 2.45. The largest absolute Gasteiger partial charge is 0.481 e. The molecule has 0 spiro atoms. The van der Waals surface area contributed by atoms with Crippen LogP contribution >= 0.6 is 11.3 Å². The van der Waals surface area contributed by atoms with Crippen molar-refractivity contribution in [3.05, 3.63) is 15.6 Å². The van der Waals surface area contributed by atoms with Gasteiger partial charge in [0, 0.05) is 11.3 Å². The van der Waals surface area contributed by atoms with Crippen LogP contribution in [0.3, 0.4) is 0 Å². The lowest BCUT2D eigenvalue weighted by atomic mass is 10.1. The Morgan fingerprint density at radius 1 is 1.53 bits per heavy atom. The summed E-state index contributed by atoms with van der Waals surface area (Å²) in [5, 5.41) is 9.82. The van der Waals surface area contributed by atoms with Crippen LogP contribution in [0.15, 0.2) is 0 Å². The summed E-state index contributed by atoms with van der Waals surface area (Å²) in [6.45, 7) is 6.30. The number of carboxylic acid groups (broad SMARTS) is 1. The predicted molar refractivity (Wildman–Crippen MR) is 61.4 cm³/mol. The molecule has 0 fully saturated rings. The minimum absolute atomic E-state index is 0.110. The highest BCUT2D eigenvalue weighted by Gasteiger charge is 2.13. The number of hydrogen-bond donors (Lipinski definition) is 1. The molecule has 0 unspecified atom stereocenters. The molecule has 1 N–H and O–H groups in total. The van der Waals surface area contributed by atoms with Crippen LogP contribution in [-0.2, 0) is 24.1 Å². The molecule has 1 aromatic rings. The molecule has 0 saturated heterocycles. The molecule has 3 nitrogen and oxygen atoms in total. The van der Waals surface area contributed by atoms with E-state index in [2.05, 4.69) is 18.8 Å². The van der Waals surface area contributed by atoms with Crippen molar-refractivity contribution < 1.29 is 9.90 Å². The second-order valence-electron chi connectivity index (χ2n) is 4.00. The molecule has 4 heteroatoms. The molecule has 0 radical (unpaired) electrons. The number of hydrogen-bond acceptors (Lipinski definition) is 3. The summed E-state index contributed by atoms with van der Waals surface area (Å²) in [6.07, 6.45) is 1.87. The first-order valence-corrected chi connectivity index (χ1v) is 6.03. The lowest BCUT2D eigenvalue weighted by Gasteiger charge is -1.98. The van der Waals surface area contributed by atoms with Crippen molar-refractivity contribution in [1.29, 1.82) is 0 Å². The standard InChI is InChI=1S/C11H17NO2S/c1-4-8-9(6-11(13)14)15-10(12-8)5-7(2)3/h7H,4-6H2,1-3H3,(H,13,14). The molecular formula is C11H17NO2S. The number of nitrogens with zero attached hydrogens (tertiary/aromatic N) is 1. The Labute approximate surface area is 94.2 Å². The zero-order valence-corrected chi connectivity index (χ0v) is 10.2. The van der Waals surface area contributed by atoms with E-state index in [0.29, 0.717) is 5.92 Å². The van der Waals surface area contributed by atoms with Crippen LogP contribution in [0, 0.1) is 5.92 Å². The molecule has 1 aromatic heterocycles. The molecule has 0 amide bonds. The third kappa shape index (κ3) is 3.63. The highest BCUT2D eigenvalue weighted by Crippen LogP contribution is 2.22. The maximum Gasteiger partial charge on any atom is 0.308 e. The summed E-state index contributed by atoms with van der Waals surface area (Å²) in [4.78, 5) is 16.0. The summed E-state index contributed by atoms with van der Waals surface area (Å²) in [5.74, 6) is -0.206. The van der Waals surface area contributed by atoms with Crippen LogP contribution in [0.4, 0.5) is 0 Å². The number of carbonyl (C=O) groups is 1. The first-order valence-electron chi connectivity index (χ1n) is 5.22. The Morgan fingerprint density at radius 3 is 2.67 bits per heavy atom. The van der Waals surface area contributed by atoms with Gasteiger partial charge >= 0.3 is 5.97 Å². The zero-order chi connectivity index (χ0) is 11.4. The molecule has 1 rings (SSSR count). The third-order valence-corrected chi connectivity index (χ3v) is 3.17. The van der Waals surface area contributed by atoms with E-state index in [1.807, 2.05) is 6.92 Å². The van der Waals surface area contributed by atoms with Gasteiger partial charge in [0.05, 0.1) is 17.1 Å². The molecule has 0 saturated carbocycles. The van der Waals surface area contributed by atoms with Crippen LogP contribution in [-0.4, -0.2) is 16.1 Å². The van der Waals surface area contributed by atoms with Crippen LogP contribution in [0.25, 0.3) is 0 Å². The van der Waals surface area contributed by atoms with E-state index in [1.165, 1.54) is 0 Å². The number of aromatic nitrogens is 1. The molecule has 1 heterocycles. The predicted octanol–water partition coefficient (Wildman–Crippen LogP) is 2.53. The number of aliphatic carboxylic acids is 1. The molecule has 0 aliphatic rings. The Morgan fingerprint density at radius 2 is 2.20 bits per heavy atom. The Hall–Kier alpha value is -0.900. The highest BCUT2D eigenvalue weighted by atomic mass is 32.1.